The maximum atomic E-state index is 11.1. The van der Waals surface area contributed by atoms with Gasteiger partial charge in [-0.3, -0.25) is 25.7 Å². The van der Waals surface area contributed by atoms with E-state index in [0.717, 1.165) is 11.6 Å². The predicted octanol–water partition coefficient (Wildman–Crippen LogP) is 4.64. The fraction of sp³-hybridized carbons (Fsp3) is 0.278. The Morgan fingerprint density at radius 3 is 2.12 bits per heavy atom. The monoisotopic (exact) mass is 356 g/mol. The molecule has 0 radical (unpaired) electrons. The van der Waals surface area contributed by atoms with Crippen LogP contribution in [0.5, 0.6) is 0 Å². The molecule has 26 heavy (non-hydrogen) atoms. The van der Waals surface area contributed by atoms with Crippen molar-refractivity contribution < 1.29 is 9.85 Å². The fourth-order valence-corrected chi connectivity index (χ4v) is 2.30. The summed E-state index contributed by atoms with van der Waals surface area (Å²) in [5.41, 5.74) is 4.70. The van der Waals surface area contributed by atoms with Crippen molar-refractivity contribution in [3.05, 3.63) is 73.8 Å². The number of nitro groups is 2. The minimum absolute atomic E-state index is 0.0429. The van der Waals surface area contributed by atoms with Crippen LogP contribution in [0.3, 0.4) is 0 Å². The number of non-ortho nitro benzene ring substituents is 1. The first kappa shape index (κ1) is 19.0. The first-order chi connectivity index (χ1) is 12.1. The van der Waals surface area contributed by atoms with Gasteiger partial charge in [0.2, 0.25) is 0 Å². The van der Waals surface area contributed by atoms with Gasteiger partial charge in [0.1, 0.15) is 5.69 Å². The zero-order chi connectivity index (χ0) is 19.5. The number of hydrogen-bond donors (Lipinski definition) is 1. The quantitative estimate of drug-likeness (QED) is 0.477. The van der Waals surface area contributed by atoms with E-state index in [4.69, 9.17) is 0 Å². The molecule has 0 unspecified atom stereocenters. The number of rotatable bonds is 5. The van der Waals surface area contributed by atoms with Gasteiger partial charge in [-0.05, 0) is 29.5 Å². The molecule has 0 heterocycles. The van der Waals surface area contributed by atoms with Crippen molar-refractivity contribution in [2.45, 2.75) is 33.1 Å². The highest BCUT2D eigenvalue weighted by Gasteiger charge is 2.19. The zero-order valence-corrected chi connectivity index (χ0v) is 15.0. The molecule has 8 heteroatoms. The summed E-state index contributed by atoms with van der Waals surface area (Å²) in [5.74, 6) is 0. The molecule has 2 aromatic rings. The molecule has 0 aliphatic heterocycles. The summed E-state index contributed by atoms with van der Waals surface area (Å²) in [4.78, 5) is 20.5. The van der Waals surface area contributed by atoms with Gasteiger partial charge in [0, 0.05) is 6.07 Å². The largest absolute Gasteiger partial charge is 0.301 e. The van der Waals surface area contributed by atoms with Crippen molar-refractivity contribution in [1.82, 2.24) is 0 Å². The molecular formula is C18H20N4O4. The van der Waals surface area contributed by atoms with Gasteiger partial charge in [-0.1, -0.05) is 45.0 Å². The van der Waals surface area contributed by atoms with E-state index in [1.54, 1.807) is 6.92 Å². The smallest absolute Gasteiger partial charge is 0.271 e. The zero-order valence-electron chi connectivity index (χ0n) is 15.0. The van der Waals surface area contributed by atoms with Crippen LogP contribution in [-0.4, -0.2) is 15.6 Å². The van der Waals surface area contributed by atoms with Crippen molar-refractivity contribution in [2.75, 3.05) is 5.43 Å². The van der Waals surface area contributed by atoms with Gasteiger partial charge in [-0.25, -0.2) is 0 Å². The highest BCUT2D eigenvalue weighted by Crippen LogP contribution is 2.29. The average molecular weight is 356 g/mol. The lowest BCUT2D eigenvalue weighted by atomic mass is 9.86. The van der Waals surface area contributed by atoms with E-state index in [9.17, 15) is 20.2 Å². The van der Waals surface area contributed by atoms with Gasteiger partial charge >= 0.3 is 5.69 Å². The van der Waals surface area contributed by atoms with Crippen LogP contribution in [0, 0.1) is 20.2 Å². The minimum atomic E-state index is -0.682. The van der Waals surface area contributed by atoms with Crippen molar-refractivity contribution in [3.8, 4) is 0 Å². The molecule has 0 amide bonds. The number of hydrogen-bond acceptors (Lipinski definition) is 6. The Hall–Kier alpha value is -3.29. The number of hydrazone groups is 1. The Bertz CT molecular complexity index is 868. The highest BCUT2D eigenvalue weighted by atomic mass is 16.6. The normalized spacial score (nSPS) is 11.9. The lowest BCUT2D eigenvalue weighted by Gasteiger charge is -2.19. The molecule has 8 nitrogen and oxygen atoms in total. The molecule has 2 rings (SSSR count). The lowest BCUT2D eigenvalue weighted by Crippen LogP contribution is -2.11. The maximum Gasteiger partial charge on any atom is 0.301 e. The third kappa shape index (κ3) is 4.41. The Labute approximate surface area is 150 Å². The van der Waals surface area contributed by atoms with Gasteiger partial charge in [0.25, 0.3) is 5.69 Å². The van der Waals surface area contributed by atoms with Gasteiger partial charge in [0.05, 0.1) is 21.6 Å². The highest BCUT2D eigenvalue weighted by molar-refractivity contribution is 5.99. The average Bonchev–Trinajstić information content (AvgIpc) is 2.58. The van der Waals surface area contributed by atoms with Gasteiger partial charge in [-0.2, -0.15) is 5.10 Å². The van der Waals surface area contributed by atoms with E-state index in [2.05, 4.69) is 31.3 Å². The molecule has 0 saturated heterocycles. The number of nitro benzene ring substituents is 2. The van der Waals surface area contributed by atoms with E-state index in [1.807, 2.05) is 24.3 Å². The molecule has 0 saturated carbocycles. The van der Waals surface area contributed by atoms with Crippen LogP contribution < -0.4 is 5.43 Å². The predicted molar refractivity (Wildman–Crippen MR) is 101 cm³/mol. The van der Waals surface area contributed by atoms with Crippen LogP contribution in [0.2, 0.25) is 0 Å². The number of nitrogens with one attached hydrogen (secondary N) is 1. The summed E-state index contributed by atoms with van der Waals surface area (Å²) in [7, 11) is 0. The second-order valence-corrected chi connectivity index (χ2v) is 6.85. The first-order valence-electron chi connectivity index (χ1n) is 7.93. The van der Waals surface area contributed by atoms with E-state index in [0.29, 0.717) is 5.71 Å². The Morgan fingerprint density at radius 2 is 1.62 bits per heavy atom. The van der Waals surface area contributed by atoms with Gasteiger partial charge in [-0.15, -0.1) is 0 Å². The molecule has 136 valence electrons. The van der Waals surface area contributed by atoms with Crippen LogP contribution in [0.4, 0.5) is 17.1 Å². The molecule has 1 N–H and O–H groups in total. The summed E-state index contributed by atoms with van der Waals surface area (Å²) in [6.07, 6.45) is 0. The number of anilines is 1. The molecule has 0 bridgehead atoms. The second-order valence-electron chi connectivity index (χ2n) is 6.85. The standard InChI is InChI=1S/C18H20N4O4/c1-12(13-5-7-14(8-6-13)18(2,3)4)19-20-16-10-9-15(21(23)24)11-17(16)22(25)26/h5-11,20H,1-4H3. The topological polar surface area (TPSA) is 111 Å². The van der Waals surface area contributed by atoms with E-state index in [-0.39, 0.29) is 16.8 Å². The van der Waals surface area contributed by atoms with Gasteiger partial charge < -0.3 is 0 Å². The molecular weight excluding hydrogens is 336 g/mol. The first-order valence-corrected chi connectivity index (χ1v) is 7.93. The SMILES string of the molecule is CC(=NNc1ccc([N+](=O)[O-])cc1[N+](=O)[O-])c1ccc(C(C)(C)C)cc1. The molecule has 0 aliphatic carbocycles. The third-order valence-electron chi connectivity index (χ3n) is 3.90. The van der Waals surface area contributed by atoms with Crippen molar-refractivity contribution in [2.24, 2.45) is 5.10 Å². The van der Waals surface area contributed by atoms with E-state index in [1.165, 1.54) is 17.7 Å². The summed E-state index contributed by atoms with van der Waals surface area (Å²) in [5, 5.41) is 26.1. The van der Waals surface area contributed by atoms with E-state index >= 15 is 0 Å². The molecule has 0 fully saturated rings. The Morgan fingerprint density at radius 1 is 1.00 bits per heavy atom. The van der Waals surface area contributed by atoms with Crippen LogP contribution in [0.15, 0.2) is 47.6 Å². The van der Waals surface area contributed by atoms with Crippen molar-refractivity contribution >= 4 is 22.8 Å². The lowest BCUT2D eigenvalue weighted by molar-refractivity contribution is -0.393. The molecule has 0 aliphatic rings. The second kappa shape index (κ2) is 7.30. The van der Waals surface area contributed by atoms with Gasteiger partial charge in [0.15, 0.2) is 0 Å². The third-order valence-corrected chi connectivity index (χ3v) is 3.90. The Balaban J connectivity index is 2.26. The van der Waals surface area contributed by atoms with Crippen LogP contribution >= 0.6 is 0 Å². The Kier molecular flexibility index (Phi) is 5.35. The van der Waals surface area contributed by atoms with Crippen LogP contribution in [0.1, 0.15) is 38.8 Å². The molecule has 0 atom stereocenters. The van der Waals surface area contributed by atoms with Crippen molar-refractivity contribution in [3.63, 3.8) is 0 Å². The summed E-state index contributed by atoms with van der Waals surface area (Å²) in [6.45, 7) is 8.14. The minimum Gasteiger partial charge on any atom is -0.271 e. The van der Waals surface area contributed by atoms with Crippen molar-refractivity contribution in [1.29, 1.82) is 0 Å². The van der Waals surface area contributed by atoms with E-state index < -0.39 is 15.5 Å². The molecule has 2 aromatic carbocycles. The fourth-order valence-electron chi connectivity index (χ4n) is 2.30. The number of benzene rings is 2. The number of nitrogens with zero attached hydrogens (tertiary/aromatic N) is 3. The molecule has 0 aromatic heterocycles. The summed E-state index contributed by atoms with van der Waals surface area (Å²) >= 11 is 0. The van der Waals surface area contributed by atoms with Crippen LogP contribution in [-0.2, 0) is 5.41 Å². The van der Waals surface area contributed by atoms with Crippen LogP contribution in [0.25, 0.3) is 0 Å². The maximum absolute atomic E-state index is 11.1. The summed E-state index contributed by atoms with van der Waals surface area (Å²) < 4.78 is 0. The summed E-state index contributed by atoms with van der Waals surface area (Å²) in [6, 6.07) is 11.3. The molecule has 0 spiro atoms.